The van der Waals surface area contributed by atoms with Crippen LogP contribution in [0.5, 0.6) is 5.75 Å². The molecule has 0 bridgehead atoms. The summed E-state index contributed by atoms with van der Waals surface area (Å²) in [4.78, 5) is 4.20. The van der Waals surface area contributed by atoms with Crippen molar-refractivity contribution in [2.24, 2.45) is 5.73 Å². The topological polar surface area (TPSA) is 48.1 Å². The molecule has 1 unspecified atom stereocenters. The molecular weight excluding hydrogens is 236 g/mol. The lowest BCUT2D eigenvalue weighted by Crippen LogP contribution is -2.14. The van der Waals surface area contributed by atoms with Crippen molar-refractivity contribution in [1.82, 2.24) is 4.98 Å². The molecule has 1 aromatic carbocycles. The lowest BCUT2D eigenvalue weighted by molar-refractivity contribution is 0.241. The van der Waals surface area contributed by atoms with Crippen molar-refractivity contribution in [2.75, 3.05) is 0 Å². The second kappa shape index (κ2) is 6.34. The van der Waals surface area contributed by atoms with Gasteiger partial charge in [-0.15, -0.1) is 0 Å². The standard InChI is InChI=1S/C16H20N2O/c1-12(2)19-15-9-14(10-18-11-15)16(17)8-13-6-4-3-5-7-13/h3-7,9-12,16H,8,17H2,1-2H3. The van der Waals surface area contributed by atoms with E-state index in [0.29, 0.717) is 0 Å². The van der Waals surface area contributed by atoms with Gasteiger partial charge in [0.05, 0.1) is 12.3 Å². The van der Waals surface area contributed by atoms with Gasteiger partial charge in [-0.1, -0.05) is 30.3 Å². The van der Waals surface area contributed by atoms with Gasteiger partial charge < -0.3 is 10.5 Å². The van der Waals surface area contributed by atoms with Crippen LogP contribution in [0.15, 0.2) is 48.8 Å². The summed E-state index contributed by atoms with van der Waals surface area (Å²) < 4.78 is 5.64. The highest BCUT2D eigenvalue weighted by molar-refractivity contribution is 5.28. The van der Waals surface area contributed by atoms with Gasteiger partial charge in [-0.05, 0) is 37.5 Å². The zero-order valence-corrected chi connectivity index (χ0v) is 11.4. The van der Waals surface area contributed by atoms with Gasteiger partial charge in [0.15, 0.2) is 0 Å². The number of benzene rings is 1. The number of hydrogen-bond donors (Lipinski definition) is 1. The van der Waals surface area contributed by atoms with Crippen LogP contribution in [-0.4, -0.2) is 11.1 Å². The fourth-order valence-corrected chi connectivity index (χ4v) is 1.96. The van der Waals surface area contributed by atoms with Gasteiger partial charge in [0.2, 0.25) is 0 Å². The first-order valence-electron chi connectivity index (χ1n) is 6.56. The molecule has 0 saturated heterocycles. The summed E-state index contributed by atoms with van der Waals surface area (Å²) in [7, 11) is 0. The Morgan fingerprint density at radius 1 is 1.16 bits per heavy atom. The van der Waals surface area contributed by atoms with Crippen molar-refractivity contribution >= 4 is 0 Å². The summed E-state index contributed by atoms with van der Waals surface area (Å²) in [5, 5.41) is 0. The van der Waals surface area contributed by atoms with Gasteiger partial charge in [0.1, 0.15) is 5.75 Å². The first-order valence-corrected chi connectivity index (χ1v) is 6.56. The summed E-state index contributed by atoms with van der Waals surface area (Å²) in [6, 6.07) is 12.1. The van der Waals surface area contributed by atoms with Gasteiger partial charge in [0, 0.05) is 12.2 Å². The van der Waals surface area contributed by atoms with E-state index >= 15 is 0 Å². The molecule has 2 rings (SSSR count). The van der Waals surface area contributed by atoms with E-state index in [0.717, 1.165) is 17.7 Å². The predicted octanol–water partition coefficient (Wildman–Crippen LogP) is 3.11. The van der Waals surface area contributed by atoms with E-state index in [2.05, 4.69) is 17.1 Å². The molecule has 0 saturated carbocycles. The molecule has 0 fully saturated rings. The minimum Gasteiger partial charge on any atom is -0.489 e. The fourth-order valence-electron chi connectivity index (χ4n) is 1.96. The van der Waals surface area contributed by atoms with Crippen LogP contribution >= 0.6 is 0 Å². The second-order valence-corrected chi connectivity index (χ2v) is 4.92. The smallest absolute Gasteiger partial charge is 0.138 e. The average Bonchev–Trinajstić information content (AvgIpc) is 2.39. The molecule has 1 heterocycles. The normalized spacial score (nSPS) is 12.4. The fraction of sp³-hybridized carbons (Fsp3) is 0.312. The van der Waals surface area contributed by atoms with Gasteiger partial charge >= 0.3 is 0 Å². The third kappa shape index (κ3) is 4.07. The maximum absolute atomic E-state index is 6.23. The quantitative estimate of drug-likeness (QED) is 0.894. The Balaban J connectivity index is 2.08. The van der Waals surface area contributed by atoms with Gasteiger partial charge in [-0.3, -0.25) is 4.98 Å². The van der Waals surface area contributed by atoms with E-state index in [1.165, 1.54) is 5.56 Å². The molecule has 2 N–H and O–H groups in total. The lowest BCUT2D eigenvalue weighted by atomic mass is 10.0. The van der Waals surface area contributed by atoms with Crippen LogP contribution in [0.25, 0.3) is 0 Å². The number of pyridine rings is 1. The van der Waals surface area contributed by atoms with Crippen LogP contribution in [-0.2, 0) is 6.42 Å². The molecule has 0 spiro atoms. The zero-order chi connectivity index (χ0) is 13.7. The van der Waals surface area contributed by atoms with Crippen LogP contribution in [0.2, 0.25) is 0 Å². The van der Waals surface area contributed by atoms with Crippen LogP contribution < -0.4 is 10.5 Å². The van der Waals surface area contributed by atoms with E-state index < -0.39 is 0 Å². The van der Waals surface area contributed by atoms with Crippen molar-refractivity contribution in [3.63, 3.8) is 0 Å². The van der Waals surface area contributed by atoms with E-state index in [-0.39, 0.29) is 12.1 Å². The Morgan fingerprint density at radius 3 is 2.58 bits per heavy atom. The maximum Gasteiger partial charge on any atom is 0.138 e. The van der Waals surface area contributed by atoms with Crippen LogP contribution in [0.3, 0.4) is 0 Å². The Morgan fingerprint density at radius 2 is 1.89 bits per heavy atom. The Kier molecular flexibility index (Phi) is 4.53. The molecule has 3 nitrogen and oxygen atoms in total. The largest absolute Gasteiger partial charge is 0.489 e. The van der Waals surface area contributed by atoms with Crippen molar-refractivity contribution in [3.8, 4) is 5.75 Å². The number of rotatable bonds is 5. The van der Waals surface area contributed by atoms with Gasteiger partial charge in [0.25, 0.3) is 0 Å². The summed E-state index contributed by atoms with van der Waals surface area (Å²) in [5.74, 6) is 0.774. The molecule has 100 valence electrons. The predicted molar refractivity (Wildman–Crippen MR) is 77.1 cm³/mol. The second-order valence-electron chi connectivity index (χ2n) is 4.92. The molecular formula is C16H20N2O. The molecule has 0 aliphatic rings. The molecule has 0 aliphatic carbocycles. The molecule has 0 radical (unpaired) electrons. The molecule has 0 aliphatic heterocycles. The Bertz CT molecular complexity index is 511. The van der Waals surface area contributed by atoms with Crippen LogP contribution in [0.1, 0.15) is 31.0 Å². The van der Waals surface area contributed by atoms with Crippen molar-refractivity contribution in [1.29, 1.82) is 0 Å². The summed E-state index contributed by atoms with van der Waals surface area (Å²) in [6.45, 7) is 3.99. The van der Waals surface area contributed by atoms with E-state index in [9.17, 15) is 0 Å². The third-order valence-corrected chi connectivity index (χ3v) is 2.83. The molecule has 19 heavy (non-hydrogen) atoms. The highest BCUT2D eigenvalue weighted by Crippen LogP contribution is 2.20. The monoisotopic (exact) mass is 256 g/mol. The summed E-state index contributed by atoms with van der Waals surface area (Å²) >= 11 is 0. The lowest BCUT2D eigenvalue weighted by Gasteiger charge is -2.14. The van der Waals surface area contributed by atoms with E-state index in [1.807, 2.05) is 38.1 Å². The summed E-state index contributed by atoms with van der Waals surface area (Å²) in [5.41, 5.74) is 8.46. The first kappa shape index (κ1) is 13.6. The first-order chi connectivity index (χ1) is 9.15. The summed E-state index contributed by atoms with van der Waals surface area (Å²) in [6.07, 6.45) is 4.47. The molecule has 3 heteroatoms. The third-order valence-electron chi connectivity index (χ3n) is 2.83. The van der Waals surface area contributed by atoms with Gasteiger partial charge in [-0.2, -0.15) is 0 Å². The minimum atomic E-state index is -0.0642. The van der Waals surface area contributed by atoms with Crippen LogP contribution in [0.4, 0.5) is 0 Å². The van der Waals surface area contributed by atoms with E-state index in [4.69, 9.17) is 10.5 Å². The minimum absolute atomic E-state index is 0.0642. The Hall–Kier alpha value is -1.87. The molecule has 1 atom stereocenters. The Labute approximate surface area is 114 Å². The van der Waals surface area contributed by atoms with Crippen LogP contribution in [0, 0.1) is 0 Å². The van der Waals surface area contributed by atoms with Crippen molar-refractivity contribution in [2.45, 2.75) is 32.4 Å². The average molecular weight is 256 g/mol. The molecule has 1 aromatic heterocycles. The number of hydrogen-bond acceptors (Lipinski definition) is 3. The van der Waals surface area contributed by atoms with Gasteiger partial charge in [-0.25, -0.2) is 0 Å². The highest BCUT2D eigenvalue weighted by atomic mass is 16.5. The number of aromatic nitrogens is 1. The SMILES string of the molecule is CC(C)Oc1cncc(C(N)Cc2ccccc2)c1. The van der Waals surface area contributed by atoms with E-state index in [1.54, 1.807) is 12.4 Å². The molecule has 0 amide bonds. The maximum atomic E-state index is 6.23. The number of nitrogens with two attached hydrogens (primary N) is 1. The number of ether oxygens (including phenoxy) is 1. The zero-order valence-electron chi connectivity index (χ0n) is 11.4. The van der Waals surface area contributed by atoms with Crippen molar-refractivity contribution in [3.05, 3.63) is 59.9 Å². The molecule has 2 aromatic rings. The highest BCUT2D eigenvalue weighted by Gasteiger charge is 2.09. The number of nitrogens with zero attached hydrogens (tertiary/aromatic N) is 1. The van der Waals surface area contributed by atoms with Crippen molar-refractivity contribution < 1.29 is 4.74 Å².